The number of hydrogen-bond donors (Lipinski definition) is 3. The fraction of sp³-hybridized carbons (Fsp3) is 0.800. The van der Waals surface area contributed by atoms with E-state index in [-0.39, 0.29) is 6.17 Å². The van der Waals surface area contributed by atoms with Gasteiger partial charge in [0.05, 0.1) is 0 Å². The molecule has 0 rings (SSSR count). The minimum Gasteiger partial charge on any atom is -0.300 e. The van der Waals surface area contributed by atoms with Gasteiger partial charge in [-0.3, -0.25) is 10.6 Å². The van der Waals surface area contributed by atoms with E-state index in [0.29, 0.717) is 0 Å². The summed E-state index contributed by atoms with van der Waals surface area (Å²) in [4.78, 5) is 10.1. The van der Waals surface area contributed by atoms with Crippen LogP contribution < -0.4 is 10.6 Å². The number of aldehydes is 1. The first kappa shape index (κ1) is 8.94. The van der Waals surface area contributed by atoms with E-state index in [1.807, 2.05) is 0 Å². The highest BCUT2D eigenvalue weighted by Gasteiger charge is 1.98. The van der Waals surface area contributed by atoms with E-state index < -0.39 is 0 Å². The fourth-order valence-electron chi connectivity index (χ4n) is 0.438. The van der Waals surface area contributed by atoms with Crippen molar-refractivity contribution in [2.45, 2.75) is 6.17 Å². The number of likely N-dealkylation sites (N-methyl/N-ethyl adjacent to an activating group) is 1. The Labute approximate surface area is 60.6 Å². The topological polar surface area (TPSA) is 41.1 Å². The number of hydrogen-bond acceptors (Lipinski definition) is 4. The summed E-state index contributed by atoms with van der Waals surface area (Å²) >= 11 is 3.97. The second kappa shape index (κ2) is 6.07. The predicted octanol–water partition coefficient (Wildman–Crippen LogP) is -0.750. The molecule has 0 spiro atoms. The van der Waals surface area contributed by atoms with E-state index in [2.05, 4.69) is 23.3 Å². The summed E-state index contributed by atoms with van der Waals surface area (Å²) < 4.78 is 0. The molecule has 0 aromatic rings. The molecule has 1 unspecified atom stereocenters. The highest BCUT2D eigenvalue weighted by Crippen LogP contribution is 1.71. The van der Waals surface area contributed by atoms with Gasteiger partial charge in [0, 0.05) is 12.3 Å². The Morgan fingerprint density at radius 1 is 1.78 bits per heavy atom. The van der Waals surface area contributed by atoms with Crippen molar-refractivity contribution in [2.24, 2.45) is 0 Å². The van der Waals surface area contributed by atoms with E-state index in [0.717, 1.165) is 18.6 Å². The molecule has 4 heteroatoms. The fourth-order valence-corrected chi connectivity index (χ4v) is 0.567. The molecular formula is C5H12N2OS. The van der Waals surface area contributed by atoms with Crippen LogP contribution in [0.3, 0.4) is 0 Å². The van der Waals surface area contributed by atoms with Crippen LogP contribution in [0.15, 0.2) is 0 Å². The molecule has 0 fully saturated rings. The summed E-state index contributed by atoms with van der Waals surface area (Å²) in [6, 6.07) is 0. The number of carbonyl (C=O) groups excluding carboxylic acids is 1. The molecular weight excluding hydrogens is 136 g/mol. The first-order valence-electron chi connectivity index (χ1n) is 2.82. The molecule has 9 heavy (non-hydrogen) atoms. The number of carbonyl (C=O) groups is 1. The van der Waals surface area contributed by atoms with Crippen molar-refractivity contribution >= 4 is 18.9 Å². The second-order valence-electron chi connectivity index (χ2n) is 1.58. The molecule has 0 aliphatic carbocycles. The average molecular weight is 148 g/mol. The molecule has 0 aromatic carbocycles. The van der Waals surface area contributed by atoms with E-state index in [4.69, 9.17) is 0 Å². The average Bonchev–Trinajstić information content (AvgIpc) is 1.91. The highest BCUT2D eigenvalue weighted by atomic mass is 32.1. The number of nitrogens with one attached hydrogen (secondary N) is 2. The Morgan fingerprint density at radius 3 is 2.78 bits per heavy atom. The Bertz CT molecular complexity index is 79.4. The summed E-state index contributed by atoms with van der Waals surface area (Å²) in [5, 5.41) is 5.69. The van der Waals surface area contributed by atoms with E-state index in [1.165, 1.54) is 0 Å². The maximum Gasteiger partial charge on any atom is 0.151 e. The van der Waals surface area contributed by atoms with Gasteiger partial charge in [0.2, 0.25) is 0 Å². The quantitative estimate of drug-likeness (QED) is 0.273. The van der Waals surface area contributed by atoms with Gasteiger partial charge in [0.1, 0.15) is 6.17 Å². The predicted molar refractivity (Wildman–Crippen MR) is 40.8 cm³/mol. The lowest BCUT2D eigenvalue weighted by Crippen LogP contribution is -2.42. The first-order valence-corrected chi connectivity index (χ1v) is 3.45. The molecule has 0 bridgehead atoms. The lowest BCUT2D eigenvalue weighted by Gasteiger charge is -2.08. The van der Waals surface area contributed by atoms with Crippen LogP contribution in [0.4, 0.5) is 0 Å². The van der Waals surface area contributed by atoms with Gasteiger partial charge in [0.15, 0.2) is 6.29 Å². The van der Waals surface area contributed by atoms with Crippen molar-refractivity contribution in [3.05, 3.63) is 0 Å². The van der Waals surface area contributed by atoms with Gasteiger partial charge in [-0.05, 0) is 7.05 Å². The lowest BCUT2D eigenvalue weighted by atomic mass is 10.5. The number of thiol groups is 1. The van der Waals surface area contributed by atoms with Crippen molar-refractivity contribution in [1.29, 1.82) is 0 Å². The van der Waals surface area contributed by atoms with E-state index in [9.17, 15) is 4.79 Å². The van der Waals surface area contributed by atoms with Gasteiger partial charge in [-0.25, -0.2) is 0 Å². The molecule has 3 nitrogen and oxygen atoms in total. The SMILES string of the molecule is CNC(C=O)NCCS. The second-order valence-corrected chi connectivity index (χ2v) is 2.03. The molecule has 2 N–H and O–H groups in total. The van der Waals surface area contributed by atoms with E-state index in [1.54, 1.807) is 7.05 Å². The van der Waals surface area contributed by atoms with Crippen molar-refractivity contribution in [3.63, 3.8) is 0 Å². The van der Waals surface area contributed by atoms with Crippen LogP contribution in [0.1, 0.15) is 0 Å². The van der Waals surface area contributed by atoms with Gasteiger partial charge in [0.25, 0.3) is 0 Å². The molecule has 0 radical (unpaired) electrons. The smallest absolute Gasteiger partial charge is 0.151 e. The molecule has 0 heterocycles. The normalized spacial score (nSPS) is 13.1. The van der Waals surface area contributed by atoms with Crippen molar-refractivity contribution in [1.82, 2.24) is 10.6 Å². The van der Waals surface area contributed by atoms with Crippen LogP contribution >= 0.6 is 12.6 Å². The monoisotopic (exact) mass is 148 g/mol. The third-order valence-corrected chi connectivity index (χ3v) is 1.15. The Kier molecular flexibility index (Phi) is 6.03. The molecule has 0 aliphatic heterocycles. The zero-order valence-electron chi connectivity index (χ0n) is 5.42. The summed E-state index contributed by atoms with van der Waals surface area (Å²) in [7, 11) is 1.73. The summed E-state index contributed by atoms with van der Waals surface area (Å²) in [5.41, 5.74) is 0. The highest BCUT2D eigenvalue weighted by molar-refractivity contribution is 7.80. The summed E-state index contributed by atoms with van der Waals surface area (Å²) in [5.74, 6) is 0.742. The van der Waals surface area contributed by atoms with Crippen LogP contribution in [-0.4, -0.2) is 31.8 Å². The maximum absolute atomic E-state index is 10.1. The van der Waals surface area contributed by atoms with Crippen LogP contribution in [0.2, 0.25) is 0 Å². The molecule has 0 saturated heterocycles. The minimum atomic E-state index is -0.225. The summed E-state index contributed by atoms with van der Waals surface area (Å²) in [6.07, 6.45) is 0.598. The van der Waals surface area contributed by atoms with Gasteiger partial charge in [-0.15, -0.1) is 0 Å². The van der Waals surface area contributed by atoms with Crippen LogP contribution in [-0.2, 0) is 4.79 Å². The van der Waals surface area contributed by atoms with Crippen LogP contribution in [0, 0.1) is 0 Å². The van der Waals surface area contributed by atoms with Crippen molar-refractivity contribution in [3.8, 4) is 0 Å². The van der Waals surface area contributed by atoms with Gasteiger partial charge in [-0.2, -0.15) is 12.6 Å². The Hall–Kier alpha value is -0.0600. The van der Waals surface area contributed by atoms with Gasteiger partial charge >= 0.3 is 0 Å². The molecule has 54 valence electrons. The zero-order chi connectivity index (χ0) is 7.11. The number of rotatable bonds is 5. The molecule has 0 aliphatic rings. The molecule has 0 amide bonds. The molecule has 1 atom stereocenters. The lowest BCUT2D eigenvalue weighted by molar-refractivity contribution is -0.110. The van der Waals surface area contributed by atoms with Crippen LogP contribution in [0.5, 0.6) is 0 Å². The summed E-state index contributed by atoms with van der Waals surface area (Å²) in [6.45, 7) is 0.743. The largest absolute Gasteiger partial charge is 0.300 e. The van der Waals surface area contributed by atoms with Gasteiger partial charge in [-0.1, -0.05) is 0 Å². The van der Waals surface area contributed by atoms with Crippen molar-refractivity contribution in [2.75, 3.05) is 19.3 Å². The van der Waals surface area contributed by atoms with Gasteiger partial charge < -0.3 is 4.79 Å². The third kappa shape index (κ3) is 4.44. The minimum absolute atomic E-state index is 0.225. The molecule has 0 aromatic heterocycles. The third-order valence-electron chi connectivity index (χ3n) is 0.923. The maximum atomic E-state index is 10.1. The first-order chi connectivity index (χ1) is 4.35. The van der Waals surface area contributed by atoms with E-state index >= 15 is 0 Å². The Balaban J connectivity index is 3.20. The standard InChI is InChI=1S/C5H12N2OS/c1-6-5(4-8)7-2-3-9/h4-7,9H,2-3H2,1H3. The Morgan fingerprint density at radius 2 is 2.44 bits per heavy atom. The van der Waals surface area contributed by atoms with Crippen molar-refractivity contribution < 1.29 is 4.79 Å². The zero-order valence-corrected chi connectivity index (χ0v) is 6.32. The van der Waals surface area contributed by atoms with Crippen LogP contribution in [0.25, 0.3) is 0 Å². The molecule has 0 saturated carbocycles.